The average molecular weight is 348 g/mol. The van der Waals surface area contributed by atoms with E-state index < -0.39 is 23.8 Å². The fraction of sp³-hybridized carbons (Fsp3) is 0.538. The quantitative estimate of drug-likeness (QED) is 0.868. The number of likely N-dealkylation sites (tertiary alicyclic amines) is 1. The van der Waals surface area contributed by atoms with Crippen LogP contribution in [0.5, 0.6) is 0 Å². The highest BCUT2D eigenvalue weighted by molar-refractivity contribution is 8.00. The van der Waals surface area contributed by atoms with Crippen LogP contribution in [0.4, 0.5) is 13.2 Å². The summed E-state index contributed by atoms with van der Waals surface area (Å²) in [6, 6.07) is 0.229. The molecule has 1 unspecified atom stereocenters. The maximum atomic E-state index is 12.7. The van der Waals surface area contributed by atoms with Crippen molar-refractivity contribution in [1.29, 1.82) is 0 Å². The normalized spacial score (nSPS) is 18.2. The third kappa shape index (κ3) is 4.57. The Hall–Kier alpha value is -1.84. The molecule has 0 radical (unpaired) electrons. The van der Waals surface area contributed by atoms with Crippen LogP contribution in [0.25, 0.3) is 0 Å². The van der Waals surface area contributed by atoms with Gasteiger partial charge in [0.25, 0.3) is 0 Å². The van der Waals surface area contributed by atoms with E-state index in [9.17, 15) is 22.8 Å². The Kier molecular flexibility index (Phi) is 5.45. The summed E-state index contributed by atoms with van der Waals surface area (Å²) in [7, 11) is 0. The summed E-state index contributed by atoms with van der Waals surface area (Å²) >= 11 is 1.07. The molecule has 1 aromatic rings. The maximum Gasteiger partial charge on any atom is 0.433 e. The minimum atomic E-state index is -4.55. The van der Waals surface area contributed by atoms with E-state index in [1.165, 1.54) is 4.90 Å². The number of nitrogens with zero attached hydrogens (tertiary/aromatic N) is 3. The van der Waals surface area contributed by atoms with E-state index in [-0.39, 0.29) is 23.2 Å². The van der Waals surface area contributed by atoms with Gasteiger partial charge in [0, 0.05) is 12.7 Å². The number of halogens is 3. The number of rotatable bonds is 5. The van der Waals surface area contributed by atoms with Crippen molar-refractivity contribution in [1.82, 2.24) is 14.9 Å². The topological polar surface area (TPSA) is 89.2 Å². The van der Waals surface area contributed by atoms with Crippen molar-refractivity contribution in [3.8, 4) is 0 Å². The molecular formula is C13H15F3N4O2S. The van der Waals surface area contributed by atoms with Gasteiger partial charge in [0.05, 0.1) is 17.5 Å². The maximum absolute atomic E-state index is 12.7. The molecule has 2 heterocycles. The van der Waals surface area contributed by atoms with E-state index >= 15 is 0 Å². The van der Waals surface area contributed by atoms with E-state index in [1.807, 2.05) is 0 Å². The Morgan fingerprint density at radius 2 is 2.13 bits per heavy atom. The highest BCUT2D eigenvalue weighted by Crippen LogP contribution is 2.33. The van der Waals surface area contributed by atoms with E-state index in [0.29, 0.717) is 19.4 Å². The number of alkyl halides is 3. The third-order valence-corrected chi connectivity index (χ3v) is 4.25. The second-order valence-electron chi connectivity index (χ2n) is 5.00. The Bertz CT molecular complexity index is 597. The largest absolute Gasteiger partial charge is 0.433 e. The van der Waals surface area contributed by atoms with Gasteiger partial charge < -0.3 is 10.6 Å². The molecule has 2 rings (SSSR count). The molecule has 10 heteroatoms. The second kappa shape index (κ2) is 7.16. The first-order valence-corrected chi connectivity index (χ1v) is 8.00. The van der Waals surface area contributed by atoms with Crippen molar-refractivity contribution >= 4 is 23.6 Å². The van der Waals surface area contributed by atoms with Gasteiger partial charge in [0.15, 0.2) is 5.82 Å². The first-order valence-electron chi connectivity index (χ1n) is 6.84. The lowest BCUT2D eigenvalue weighted by Gasteiger charge is -2.23. The van der Waals surface area contributed by atoms with Gasteiger partial charge in [-0.25, -0.2) is 9.97 Å². The van der Waals surface area contributed by atoms with Crippen molar-refractivity contribution in [2.75, 3.05) is 18.1 Å². The summed E-state index contributed by atoms with van der Waals surface area (Å²) in [5, 5.41) is 0. The minimum absolute atomic E-state index is 0.00873. The number of primary amides is 1. The third-order valence-electron chi connectivity index (χ3n) is 3.31. The lowest BCUT2D eigenvalue weighted by Crippen LogP contribution is -2.33. The van der Waals surface area contributed by atoms with Crippen molar-refractivity contribution in [2.45, 2.75) is 25.1 Å². The van der Waals surface area contributed by atoms with Gasteiger partial charge in [-0.1, -0.05) is 0 Å². The van der Waals surface area contributed by atoms with Crippen LogP contribution in [0.1, 0.15) is 30.4 Å². The monoisotopic (exact) mass is 348 g/mol. The van der Waals surface area contributed by atoms with E-state index in [1.54, 1.807) is 0 Å². The summed E-state index contributed by atoms with van der Waals surface area (Å²) < 4.78 is 38.2. The molecule has 1 fully saturated rings. The molecule has 1 saturated heterocycles. The molecule has 1 aliphatic heterocycles. The van der Waals surface area contributed by atoms with Crippen LogP contribution >= 0.6 is 11.8 Å². The first-order chi connectivity index (χ1) is 10.8. The van der Waals surface area contributed by atoms with Gasteiger partial charge in [-0.2, -0.15) is 13.2 Å². The number of amides is 2. The van der Waals surface area contributed by atoms with Gasteiger partial charge >= 0.3 is 6.18 Å². The highest BCUT2D eigenvalue weighted by Gasteiger charge is 2.36. The van der Waals surface area contributed by atoms with Crippen LogP contribution in [-0.4, -0.2) is 44.7 Å². The predicted molar refractivity (Wildman–Crippen MR) is 77.2 cm³/mol. The van der Waals surface area contributed by atoms with E-state index in [4.69, 9.17) is 5.73 Å². The second-order valence-corrected chi connectivity index (χ2v) is 5.99. The number of carbonyl (C=O) groups is 2. The molecule has 2 amide bonds. The number of thioether (sulfide) groups is 1. The average Bonchev–Trinajstić information content (AvgIpc) is 2.95. The van der Waals surface area contributed by atoms with E-state index in [2.05, 4.69) is 9.97 Å². The van der Waals surface area contributed by atoms with Crippen molar-refractivity contribution < 1.29 is 22.8 Å². The zero-order valence-corrected chi connectivity index (χ0v) is 12.9. The zero-order chi connectivity index (χ0) is 17.0. The molecule has 2 N–H and O–H groups in total. The fourth-order valence-corrected chi connectivity index (χ4v) is 2.99. The van der Waals surface area contributed by atoms with Crippen LogP contribution in [0.2, 0.25) is 0 Å². The molecule has 0 bridgehead atoms. The van der Waals surface area contributed by atoms with Crippen molar-refractivity contribution in [3.05, 3.63) is 23.8 Å². The summed E-state index contributed by atoms with van der Waals surface area (Å²) in [5.41, 5.74) is 3.97. The Morgan fingerprint density at radius 3 is 2.78 bits per heavy atom. The summed E-state index contributed by atoms with van der Waals surface area (Å²) in [4.78, 5) is 31.7. The van der Waals surface area contributed by atoms with Gasteiger partial charge in [-0.15, -0.1) is 11.8 Å². The van der Waals surface area contributed by atoms with E-state index in [0.717, 1.165) is 24.0 Å². The van der Waals surface area contributed by atoms with Gasteiger partial charge in [0.2, 0.25) is 11.8 Å². The number of aromatic nitrogens is 2. The van der Waals surface area contributed by atoms with Gasteiger partial charge in [-0.3, -0.25) is 9.59 Å². The molecule has 1 atom stereocenters. The van der Waals surface area contributed by atoms with Crippen LogP contribution in [-0.2, 0) is 15.8 Å². The van der Waals surface area contributed by atoms with Crippen LogP contribution < -0.4 is 5.73 Å². The summed E-state index contributed by atoms with van der Waals surface area (Å²) in [6.07, 6.45) is -2.33. The number of nitrogens with two attached hydrogens (primary N) is 1. The Balaban J connectivity index is 2.09. The van der Waals surface area contributed by atoms with Crippen LogP contribution in [0.3, 0.4) is 0 Å². The molecule has 0 spiro atoms. The molecule has 0 saturated carbocycles. The first kappa shape index (κ1) is 17.5. The Morgan fingerprint density at radius 1 is 1.39 bits per heavy atom. The predicted octanol–water partition coefficient (Wildman–Crippen LogP) is 1.38. The SMILES string of the molecule is NC(=O)CSCC(=O)N1CCCC1c1nccc(C(F)(F)F)n1. The summed E-state index contributed by atoms with van der Waals surface area (Å²) in [6.45, 7) is 0.431. The van der Waals surface area contributed by atoms with Crippen molar-refractivity contribution in [3.63, 3.8) is 0 Å². The van der Waals surface area contributed by atoms with Gasteiger partial charge in [0.1, 0.15) is 5.69 Å². The standard InChI is InChI=1S/C13H15F3N4O2S/c14-13(15,16)9-3-4-18-12(19-9)8-2-1-5-20(8)11(22)7-23-6-10(17)21/h3-4,8H,1-2,5-7H2,(H2,17,21). The van der Waals surface area contributed by atoms with Gasteiger partial charge in [-0.05, 0) is 18.9 Å². The lowest BCUT2D eigenvalue weighted by atomic mass is 10.2. The number of carbonyl (C=O) groups excluding carboxylic acids is 2. The molecule has 126 valence electrons. The molecule has 0 aromatic carbocycles. The molecule has 6 nitrogen and oxygen atoms in total. The minimum Gasteiger partial charge on any atom is -0.369 e. The molecular weight excluding hydrogens is 333 g/mol. The molecule has 23 heavy (non-hydrogen) atoms. The summed E-state index contributed by atoms with van der Waals surface area (Å²) in [5.74, 6) is -0.741. The molecule has 0 aliphatic carbocycles. The number of hydrogen-bond acceptors (Lipinski definition) is 5. The van der Waals surface area contributed by atoms with Crippen molar-refractivity contribution in [2.24, 2.45) is 5.73 Å². The Labute approximate surface area is 134 Å². The smallest absolute Gasteiger partial charge is 0.369 e. The zero-order valence-electron chi connectivity index (χ0n) is 12.0. The highest BCUT2D eigenvalue weighted by atomic mass is 32.2. The molecule has 1 aliphatic rings. The van der Waals surface area contributed by atoms with Crippen LogP contribution in [0, 0.1) is 0 Å². The molecule has 1 aromatic heterocycles. The lowest BCUT2D eigenvalue weighted by molar-refractivity contribution is -0.141. The number of hydrogen-bond donors (Lipinski definition) is 1. The van der Waals surface area contributed by atoms with Crippen LogP contribution in [0.15, 0.2) is 12.3 Å². The fourth-order valence-electron chi connectivity index (χ4n) is 2.35.